The van der Waals surface area contributed by atoms with E-state index >= 15 is 0 Å². The number of carboxylic acids is 1. The summed E-state index contributed by atoms with van der Waals surface area (Å²) in [5.74, 6) is -1.80. The molecule has 0 aliphatic heterocycles. The summed E-state index contributed by atoms with van der Waals surface area (Å²) in [6.45, 7) is 3.45. The fourth-order valence-corrected chi connectivity index (χ4v) is 2.42. The maximum Gasteiger partial charge on any atom is 0.326 e. The van der Waals surface area contributed by atoms with Gasteiger partial charge in [0.05, 0.1) is 12.6 Å². The number of hydrogen-bond donors (Lipinski definition) is 3. The van der Waals surface area contributed by atoms with Gasteiger partial charge in [0.25, 0.3) is 0 Å². The lowest BCUT2D eigenvalue weighted by Crippen LogP contribution is -2.46. The summed E-state index contributed by atoms with van der Waals surface area (Å²) >= 11 is 0. The Hall–Kier alpha value is -1.63. The van der Waals surface area contributed by atoms with Crippen LogP contribution in [0.5, 0.6) is 0 Å². The van der Waals surface area contributed by atoms with Crippen LogP contribution >= 0.6 is 0 Å². The van der Waals surface area contributed by atoms with E-state index in [4.69, 9.17) is 9.84 Å². The normalized spacial score (nSPS) is 16.5. The van der Waals surface area contributed by atoms with Gasteiger partial charge in [-0.15, -0.1) is 0 Å². The zero-order valence-electron chi connectivity index (χ0n) is 13.3. The van der Waals surface area contributed by atoms with E-state index in [1.54, 1.807) is 0 Å². The molecular weight excluding hydrogens is 288 g/mol. The Labute approximate surface area is 130 Å². The Morgan fingerprint density at radius 2 is 1.82 bits per heavy atom. The summed E-state index contributed by atoms with van der Waals surface area (Å²) in [4.78, 5) is 34.3. The van der Waals surface area contributed by atoms with Gasteiger partial charge < -0.3 is 20.5 Å². The third-order valence-electron chi connectivity index (χ3n) is 3.54. The van der Waals surface area contributed by atoms with Gasteiger partial charge in [-0.25, -0.2) is 4.79 Å². The molecule has 1 saturated carbocycles. The molecular formula is C15H26N2O5. The number of aliphatic carboxylic acids is 1. The van der Waals surface area contributed by atoms with E-state index in [2.05, 4.69) is 10.6 Å². The van der Waals surface area contributed by atoms with Gasteiger partial charge in [-0.2, -0.15) is 0 Å². The second-order valence-electron chi connectivity index (χ2n) is 6.08. The fraction of sp³-hybridized carbons (Fsp3) is 0.800. The SMILES string of the molecule is CC(C)C[C@H](NC(=O)CNC(=O)COC1CCCC1)C(=O)O. The van der Waals surface area contributed by atoms with Gasteiger partial charge in [0.15, 0.2) is 0 Å². The van der Waals surface area contributed by atoms with Crippen molar-refractivity contribution in [1.82, 2.24) is 10.6 Å². The van der Waals surface area contributed by atoms with Crippen molar-refractivity contribution in [3.05, 3.63) is 0 Å². The summed E-state index contributed by atoms with van der Waals surface area (Å²) < 4.78 is 5.43. The quantitative estimate of drug-likeness (QED) is 0.580. The van der Waals surface area contributed by atoms with Gasteiger partial charge in [0.1, 0.15) is 12.6 Å². The number of carbonyl (C=O) groups is 3. The molecule has 0 aromatic heterocycles. The smallest absolute Gasteiger partial charge is 0.326 e. The van der Waals surface area contributed by atoms with Crippen molar-refractivity contribution in [1.29, 1.82) is 0 Å². The summed E-state index contributed by atoms with van der Waals surface area (Å²) in [6, 6.07) is -0.931. The van der Waals surface area contributed by atoms with Crippen LogP contribution in [0.3, 0.4) is 0 Å². The Balaban J connectivity index is 2.22. The maximum absolute atomic E-state index is 11.7. The molecule has 1 aliphatic carbocycles. The summed E-state index contributed by atoms with van der Waals surface area (Å²) in [7, 11) is 0. The monoisotopic (exact) mass is 314 g/mol. The highest BCUT2D eigenvalue weighted by Crippen LogP contribution is 2.20. The Morgan fingerprint density at radius 1 is 1.18 bits per heavy atom. The molecule has 1 rings (SSSR count). The molecule has 1 fully saturated rings. The summed E-state index contributed by atoms with van der Waals surface area (Å²) in [6.07, 6.45) is 4.69. The van der Waals surface area contributed by atoms with Crippen molar-refractivity contribution < 1.29 is 24.2 Å². The van der Waals surface area contributed by atoms with Gasteiger partial charge >= 0.3 is 5.97 Å². The fourth-order valence-electron chi connectivity index (χ4n) is 2.42. The number of carbonyl (C=O) groups excluding carboxylic acids is 2. The first kappa shape index (κ1) is 18.4. The van der Waals surface area contributed by atoms with Crippen molar-refractivity contribution in [3.8, 4) is 0 Å². The van der Waals surface area contributed by atoms with Crippen LogP contribution in [0.15, 0.2) is 0 Å². The van der Waals surface area contributed by atoms with Crippen molar-refractivity contribution in [2.24, 2.45) is 5.92 Å². The summed E-state index contributed by atoms with van der Waals surface area (Å²) in [5.41, 5.74) is 0. The van der Waals surface area contributed by atoms with Crippen LogP contribution in [0.25, 0.3) is 0 Å². The molecule has 0 heterocycles. The third-order valence-corrected chi connectivity index (χ3v) is 3.54. The third kappa shape index (κ3) is 7.40. The number of ether oxygens (including phenoxy) is 1. The molecule has 0 radical (unpaired) electrons. The highest BCUT2D eigenvalue weighted by Gasteiger charge is 2.21. The predicted molar refractivity (Wildman–Crippen MR) is 80.2 cm³/mol. The highest BCUT2D eigenvalue weighted by molar-refractivity contribution is 5.88. The van der Waals surface area contributed by atoms with E-state index in [0.717, 1.165) is 25.7 Å². The van der Waals surface area contributed by atoms with Crippen LogP contribution in [0.2, 0.25) is 0 Å². The topological polar surface area (TPSA) is 105 Å². The molecule has 7 nitrogen and oxygen atoms in total. The second kappa shape index (κ2) is 9.40. The number of carboxylic acid groups (broad SMARTS) is 1. The van der Waals surface area contributed by atoms with E-state index in [0.29, 0.717) is 6.42 Å². The molecule has 1 atom stereocenters. The van der Waals surface area contributed by atoms with E-state index in [9.17, 15) is 14.4 Å². The minimum Gasteiger partial charge on any atom is -0.480 e. The molecule has 126 valence electrons. The molecule has 2 amide bonds. The molecule has 0 saturated heterocycles. The molecule has 0 aromatic carbocycles. The molecule has 22 heavy (non-hydrogen) atoms. The van der Waals surface area contributed by atoms with Crippen LogP contribution in [-0.4, -0.2) is 48.2 Å². The van der Waals surface area contributed by atoms with Crippen LogP contribution < -0.4 is 10.6 Å². The summed E-state index contributed by atoms with van der Waals surface area (Å²) in [5, 5.41) is 13.9. The number of hydrogen-bond acceptors (Lipinski definition) is 4. The van der Waals surface area contributed by atoms with Crippen molar-refractivity contribution >= 4 is 17.8 Å². The predicted octanol–water partition coefficient (Wildman–Crippen LogP) is 0.677. The highest BCUT2D eigenvalue weighted by atomic mass is 16.5. The second-order valence-corrected chi connectivity index (χ2v) is 6.08. The molecule has 3 N–H and O–H groups in total. The first-order chi connectivity index (χ1) is 10.4. The molecule has 1 aliphatic rings. The van der Waals surface area contributed by atoms with Crippen molar-refractivity contribution in [2.75, 3.05) is 13.2 Å². The minimum atomic E-state index is -1.07. The first-order valence-electron chi connectivity index (χ1n) is 7.79. The van der Waals surface area contributed by atoms with Gasteiger partial charge in [-0.1, -0.05) is 26.7 Å². The molecule has 7 heteroatoms. The standard InChI is InChI=1S/C15H26N2O5/c1-10(2)7-12(15(20)21)17-13(18)8-16-14(19)9-22-11-5-3-4-6-11/h10-12H,3-9H2,1-2H3,(H,16,19)(H,17,18)(H,20,21)/t12-/m0/s1. The Bertz CT molecular complexity index is 391. The van der Waals surface area contributed by atoms with Gasteiger partial charge in [-0.3, -0.25) is 9.59 Å². The Kier molecular flexibility index (Phi) is 7.87. The van der Waals surface area contributed by atoms with Crippen LogP contribution in [0.1, 0.15) is 46.0 Å². The molecule has 0 spiro atoms. The lowest BCUT2D eigenvalue weighted by molar-refractivity contribution is -0.142. The van der Waals surface area contributed by atoms with Crippen LogP contribution in [0, 0.1) is 5.92 Å². The van der Waals surface area contributed by atoms with Gasteiger partial charge in [0, 0.05) is 0 Å². The number of amides is 2. The molecule has 0 unspecified atom stereocenters. The van der Waals surface area contributed by atoms with E-state index in [1.807, 2.05) is 13.8 Å². The van der Waals surface area contributed by atoms with Gasteiger partial charge in [0.2, 0.25) is 11.8 Å². The average Bonchev–Trinajstić information content (AvgIpc) is 2.94. The van der Waals surface area contributed by atoms with E-state index in [1.165, 1.54) is 0 Å². The first-order valence-corrected chi connectivity index (χ1v) is 7.79. The lowest BCUT2D eigenvalue weighted by atomic mass is 10.0. The Morgan fingerprint density at radius 3 is 2.36 bits per heavy atom. The zero-order chi connectivity index (χ0) is 16.5. The van der Waals surface area contributed by atoms with Gasteiger partial charge in [-0.05, 0) is 25.2 Å². The van der Waals surface area contributed by atoms with Crippen molar-refractivity contribution in [2.45, 2.75) is 58.1 Å². The average molecular weight is 314 g/mol. The van der Waals surface area contributed by atoms with E-state index < -0.39 is 17.9 Å². The number of nitrogens with one attached hydrogen (secondary N) is 2. The largest absolute Gasteiger partial charge is 0.480 e. The minimum absolute atomic E-state index is 0.0632. The maximum atomic E-state index is 11.7. The lowest BCUT2D eigenvalue weighted by Gasteiger charge is -2.16. The van der Waals surface area contributed by atoms with Crippen LogP contribution in [-0.2, 0) is 19.1 Å². The van der Waals surface area contributed by atoms with E-state index in [-0.39, 0.29) is 31.1 Å². The molecule has 0 aromatic rings. The molecule has 0 bridgehead atoms. The van der Waals surface area contributed by atoms with Crippen molar-refractivity contribution in [3.63, 3.8) is 0 Å². The van der Waals surface area contributed by atoms with Crippen LogP contribution in [0.4, 0.5) is 0 Å². The zero-order valence-corrected chi connectivity index (χ0v) is 13.3. The number of rotatable bonds is 9.